The molecule has 0 spiro atoms. The first-order chi connectivity index (χ1) is 5.41. The Morgan fingerprint density at radius 1 is 1.50 bits per heavy atom. The fraction of sp³-hybridized carbons (Fsp3) is 0.444. The molecule has 0 atom stereocenters. The van der Waals surface area contributed by atoms with Gasteiger partial charge in [0.1, 0.15) is 0 Å². The van der Waals surface area contributed by atoms with Gasteiger partial charge in [0.2, 0.25) is 0 Å². The standard InChI is InChI=1S/C9H15NOS/c1-7(9(2,3)4)12-8(5-10)6-11/h5-6H,1,10H2,2-4H3/b8-5-. The smallest absolute Gasteiger partial charge is 0.158 e. The molecule has 0 aromatic carbocycles. The summed E-state index contributed by atoms with van der Waals surface area (Å²) in [7, 11) is 0. The summed E-state index contributed by atoms with van der Waals surface area (Å²) in [5, 5.41) is 0. The van der Waals surface area contributed by atoms with E-state index < -0.39 is 0 Å². The van der Waals surface area contributed by atoms with Gasteiger partial charge in [0.05, 0.1) is 4.91 Å². The number of carbonyl (C=O) groups excluding carboxylic acids is 1. The van der Waals surface area contributed by atoms with E-state index in [2.05, 4.69) is 6.58 Å². The average molecular weight is 185 g/mol. The average Bonchev–Trinajstić information content (AvgIpc) is 1.97. The van der Waals surface area contributed by atoms with Crippen molar-refractivity contribution < 1.29 is 4.79 Å². The molecular weight excluding hydrogens is 170 g/mol. The Hall–Kier alpha value is -0.700. The van der Waals surface area contributed by atoms with Crippen molar-refractivity contribution in [3.05, 3.63) is 22.6 Å². The van der Waals surface area contributed by atoms with Crippen LogP contribution in [0.5, 0.6) is 0 Å². The molecule has 0 aromatic rings. The second-order valence-corrected chi connectivity index (χ2v) is 4.63. The summed E-state index contributed by atoms with van der Waals surface area (Å²) in [4.78, 5) is 11.8. The first kappa shape index (κ1) is 11.3. The predicted molar refractivity (Wildman–Crippen MR) is 54.5 cm³/mol. The van der Waals surface area contributed by atoms with E-state index in [1.165, 1.54) is 18.0 Å². The second kappa shape index (κ2) is 4.36. The van der Waals surface area contributed by atoms with Crippen LogP contribution >= 0.6 is 11.8 Å². The van der Waals surface area contributed by atoms with Gasteiger partial charge in [-0.3, -0.25) is 4.79 Å². The van der Waals surface area contributed by atoms with Gasteiger partial charge in [-0.1, -0.05) is 39.1 Å². The Labute approximate surface area is 77.9 Å². The minimum atomic E-state index is 0.00192. The molecule has 12 heavy (non-hydrogen) atoms. The molecule has 0 rings (SSSR count). The second-order valence-electron chi connectivity index (χ2n) is 3.46. The fourth-order valence-electron chi connectivity index (χ4n) is 0.393. The first-order valence-electron chi connectivity index (χ1n) is 3.66. The maximum Gasteiger partial charge on any atom is 0.158 e. The van der Waals surface area contributed by atoms with Crippen molar-refractivity contribution in [3.8, 4) is 0 Å². The monoisotopic (exact) mass is 185 g/mol. The minimum Gasteiger partial charge on any atom is -0.404 e. The molecule has 0 heterocycles. The van der Waals surface area contributed by atoms with Crippen molar-refractivity contribution in [1.29, 1.82) is 0 Å². The molecular formula is C9H15NOS. The summed E-state index contributed by atoms with van der Waals surface area (Å²) >= 11 is 1.33. The van der Waals surface area contributed by atoms with Gasteiger partial charge in [-0.15, -0.1) is 0 Å². The zero-order valence-electron chi connectivity index (χ0n) is 7.76. The molecule has 0 aliphatic carbocycles. The van der Waals surface area contributed by atoms with E-state index >= 15 is 0 Å². The normalized spacial score (nSPS) is 12.8. The molecule has 0 aliphatic heterocycles. The summed E-state index contributed by atoms with van der Waals surface area (Å²) in [5.41, 5.74) is 5.22. The highest BCUT2D eigenvalue weighted by atomic mass is 32.2. The van der Waals surface area contributed by atoms with Crippen LogP contribution in [-0.4, -0.2) is 6.29 Å². The Balaban J connectivity index is 4.29. The van der Waals surface area contributed by atoms with Crippen molar-refractivity contribution in [2.45, 2.75) is 20.8 Å². The minimum absolute atomic E-state index is 0.00192. The lowest BCUT2D eigenvalue weighted by molar-refractivity contribution is -0.104. The summed E-state index contributed by atoms with van der Waals surface area (Å²) in [6, 6.07) is 0. The molecule has 2 nitrogen and oxygen atoms in total. The number of nitrogens with two attached hydrogens (primary N) is 1. The maximum atomic E-state index is 10.4. The van der Waals surface area contributed by atoms with Gasteiger partial charge in [-0.05, 0) is 10.3 Å². The van der Waals surface area contributed by atoms with E-state index in [4.69, 9.17) is 5.73 Å². The topological polar surface area (TPSA) is 43.1 Å². The Morgan fingerprint density at radius 3 is 2.25 bits per heavy atom. The fourth-order valence-corrected chi connectivity index (χ4v) is 1.10. The third-order valence-electron chi connectivity index (χ3n) is 1.36. The van der Waals surface area contributed by atoms with Crippen molar-refractivity contribution >= 4 is 18.0 Å². The Kier molecular flexibility index (Phi) is 4.10. The molecule has 0 saturated heterocycles. The molecule has 0 aliphatic rings. The molecule has 0 unspecified atom stereocenters. The highest BCUT2D eigenvalue weighted by molar-refractivity contribution is 8.07. The number of hydrogen-bond donors (Lipinski definition) is 1. The molecule has 3 heteroatoms. The van der Waals surface area contributed by atoms with Crippen LogP contribution in [0.3, 0.4) is 0 Å². The molecule has 0 aromatic heterocycles. The van der Waals surface area contributed by atoms with E-state index in [-0.39, 0.29) is 5.41 Å². The lowest BCUT2D eigenvalue weighted by Gasteiger charge is -2.20. The van der Waals surface area contributed by atoms with E-state index in [1.807, 2.05) is 20.8 Å². The third-order valence-corrected chi connectivity index (χ3v) is 2.68. The van der Waals surface area contributed by atoms with Crippen LogP contribution in [0.2, 0.25) is 0 Å². The lowest BCUT2D eigenvalue weighted by atomic mass is 9.97. The number of rotatable bonds is 3. The number of aldehydes is 1. The van der Waals surface area contributed by atoms with E-state index in [9.17, 15) is 4.79 Å². The van der Waals surface area contributed by atoms with Gasteiger partial charge in [-0.2, -0.15) is 0 Å². The third kappa shape index (κ3) is 3.62. The molecule has 0 bridgehead atoms. The lowest BCUT2D eigenvalue weighted by Crippen LogP contribution is -2.06. The van der Waals surface area contributed by atoms with Crippen molar-refractivity contribution in [3.63, 3.8) is 0 Å². The molecule has 0 saturated carbocycles. The summed E-state index contributed by atoms with van der Waals surface area (Å²) < 4.78 is 0. The number of hydrogen-bond acceptors (Lipinski definition) is 3. The Bertz CT molecular complexity index is 213. The van der Waals surface area contributed by atoms with Crippen LogP contribution in [0, 0.1) is 5.41 Å². The van der Waals surface area contributed by atoms with Crippen molar-refractivity contribution in [2.24, 2.45) is 11.1 Å². The van der Waals surface area contributed by atoms with Crippen LogP contribution in [0.4, 0.5) is 0 Å². The zero-order valence-corrected chi connectivity index (χ0v) is 8.57. The van der Waals surface area contributed by atoms with Gasteiger partial charge in [0.25, 0.3) is 0 Å². The van der Waals surface area contributed by atoms with Gasteiger partial charge in [0.15, 0.2) is 6.29 Å². The van der Waals surface area contributed by atoms with E-state index in [0.29, 0.717) is 4.91 Å². The molecule has 2 N–H and O–H groups in total. The molecule has 0 amide bonds. The number of thioether (sulfide) groups is 1. The molecule has 0 radical (unpaired) electrons. The first-order valence-corrected chi connectivity index (χ1v) is 4.47. The highest BCUT2D eigenvalue weighted by Crippen LogP contribution is 2.36. The number of carbonyl (C=O) groups is 1. The molecule has 0 fully saturated rings. The summed E-state index contributed by atoms with van der Waals surface area (Å²) in [6.07, 6.45) is 2.04. The molecule has 68 valence electrons. The van der Waals surface area contributed by atoms with Gasteiger partial charge >= 0.3 is 0 Å². The van der Waals surface area contributed by atoms with E-state index in [0.717, 1.165) is 11.2 Å². The van der Waals surface area contributed by atoms with E-state index in [1.54, 1.807) is 0 Å². The summed E-state index contributed by atoms with van der Waals surface area (Å²) in [5.74, 6) is 0. The maximum absolute atomic E-state index is 10.4. The van der Waals surface area contributed by atoms with Crippen LogP contribution in [0.25, 0.3) is 0 Å². The van der Waals surface area contributed by atoms with Gasteiger partial charge in [-0.25, -0.2) is 0 Å². The van der Waals surface area contributed by atoms with Crippen LogP contribution in [0.1, 0.15) is 20.8 Å². The van der Waals surface area contributed by atoms with Crippen molar-refractivity contribution in [1.82, 2.24) is 0 Å². The van der Waals surface area contributed by atoms with Crippen LogP contribution < -0.4 is 5.73 Å². The van der Waals surface area contributed by atoms with Crippen LogP contribution in [0.15, 0.2) is 22.6 Å². The Morgan fingerprint density at radius 2 is 2.00 bits per heavy atom. The quantitative estimate of drug-likeness (QED) is 0.542. The van der Waals surface area contributed by atoms with Gasteiger partial charge < -0.3 is 5.73 Å². The SMILES string of the molecule is C=C(S/C(C=O)=C\N)C(C)(C)C. The highest BCUT2D eigenvalue weighted by Gasteiger charge is 2.16. The zero-order chi connectivity index (χ0) is 9.78. The van der Waals surface area contributed by atoms with Crippen molar-refractivity contribution in [2.75, 3.05) is 0 Å². The summed E-state index contributed by atoms with van der Waals surface area (Å²) in [6.45, 7) is 10.00. The van der Waals surface area contributed by atoms with Gasteiger partial charge in [0, 0.05) is 6.20 Å². The predicted octanol–water partition coefficient (Wildman–Crippen LogP) is 2.28. The number of allylic oxidation sites excluding steroid dienone is 2. The van der Waals surface area contributed by atoms with Crippen LogP contribution in [-0.2, 0) is 4.79 Å². The largest absolute Gasteiger partial charge is 0.404 e.